The first-order chi connectivity index (χ1) is 13.1. The lowest BCUT2D eigenvalue weighted by Gasteiger charge is -2.24. The number of carbonyl (C=O) groups excluding carboxylic acids is 2. The maximum Gasteiger partial charge on any atom is 0.257 e. The van der Waals surface area contributed by atoms with Crippen molar-refractivity contribution >= 4 is 36.2 Å². The van der Waals surface area contributed by atoms with Crippen molar-refractivity contribution < 1.29 is 18.4 Å². The third kappa shape index (κ3) is 6.34. The van der Waals surface area contributed by atoms with Gasteiger partial charge >= 0.3 is 0 Å². The molecule has 0 aromatic heterocycles. The lowest BCUT2D eigenvalue weighted by atomic mass is 9.94. The molecular weight excluding hydrogens is 388 g/mol. The minimum Gasteiger partial charge on any atom is -0.327 e. The molecule has 5 nitrogen and oxygen atoms in total. The number of hydrogen-bond acceptors (Lipinski definition) is 4. The molecule has 0 aromatic carbocycles. The third-order valence-corrected chi connectivity index (χ3v) is 4.11. The molecule has 152 valence electrons. The molecule has 0 spiro atoms. The zero-order valence-electron chi connectivity index (χ0n) is 16.2. The largest absolute Gasteiger partial charge is 0.327 e. The van der Waals surface area contributed by atoms with Gasteiger partial charge in [-0.1, -0.05) is 32.0 Å². The smallest absolute Gasteiger partial charge is 0.257 e. The van der Waals surface area contributed by atoms with Gasteiger partial charge < -0.3 is 4.90 Å². The van der Waals surface area contributed by atoms with Crippen LogP contribution < -0.4 is 0 Å². The molecule has 28 heavy (non-hydrogen) atoms. The second-order valence-corrected chi connectivity index (χ2v) is 6.99. The standard InChI is InChI=1S/C20H24ClF2N3O2/c1-12(2)19(27)18-14(4)26(20(28)16(18)6-7-24-5)11-15(8-13(3)21)9-25-10-17(22)23/h6-9,12,14,17H,3,5,10-11H2,1-2,4H3/b7-6-,15-8+,25-9?. The van der Waals surface area contributed by atoms with Crippen LogP contribution in [0.2, 0.25) is 0 Å². The molecule has 0 saturated heterocycles. The van der Waals surface area contributed by atoms with Gasteiger partial charge in [-0.2, -0.15) is 0 Å². The fraction of sp³-hybridized carbons (Fsp3) is 0.400. The normalized spacial score (nSPS) is 18.4. The lowest BCUT2D eigenvalue weighted by Crippen LogP contribution is -2.37. The molecule has 0 aliphatic carbocycles. The van der Waals surface area contributed by atoms with Crippen molar-refractivity contribution in [3.63, 3.8) is 0 Å². The van der Waals surface area contributed by atoms with Gasteiger partial charge in [0.2, 0.25) is 0 Å². The summed E-state index contributed by atoms with van der Waals surface area (Å²) in [5.74, 6) is -0.814. The second-order valence-electron chi connectivity index (χ2n) is 6.51. The van der Waals surface area contributed by atoms with Crippen molar-refractivity contribution in [3.05, 3.63) is 46.7 Å². The molecule has 1 aliphatic heterocycles. The summed E-state index contributed by atoms with van der Waals surface area (Å²) >= 11 is 5.81. The van der Waals surface area contributed by atoms with E-state index < -0.39 is 19.0 Å². The zero-order valence-corrected chi connectivity index (χ0v) is 16.9. The Hall–Kier alpha value is -2.41. The van der Waals surface area contributed by atoms with E-state index in [1.807, 2.05) is 0 Å². The average Bonchev–Trinajstić information content (AvgIpc) is 2.82. The Balaban J connectivity index is 3.24. The van der Waals surface area contributed by atoms with Gasteiger partial charge in [0.25, 0.3) is 12.3 Å². The predicted molar refractivity (Wildman–Crippen MR) is 109 cm³/mol. The number of allylic oxidation sites excluding steroid dienone is 2. The van der Waals surface area contributed by atoms with E-state index in [0.29, 0.717) is 11.1 Å². The number of hydrogen-bond donors (Lipinski definition) is 0. The van der Waals surface area contributed by atoms with Crippen LogP contribution in [-0.2, 0) is 9.59 Å². The fourth-order valence-corrected chi connectivity index (χ4v) is 2.88. The van der Waals surface area contributed by atoms with Crippen LogP contribution in [-0.4, -0.2) is 55.1 Å². The van der Waals surface area contributed by atoms with Crippen molar-refractivity contribution in [2.24, 2.45) is 15.9 Å². The predicted octanol–water partition coefficient (Wildman–Crippen LogP) is 3.97. The molecule has 0 N–H and O–H groups in total. The minimum atomic E-state index is -2.58. The molecule has 8 heteroatoms. The Morgan fingerprint density at radius 2 is 2.04 bits per heavy atom. The Morgan fingerprint density at radius 3 is 2.54 bits per heavy atom. The molecule has 0 fully saturated rings. The summed E-state index contributed by atoms with van der Waals surface area (Å²) in [6.07, 6.45) is 2.90. The molecule has 1 aliphatic rings. The third-order valence-electron chi connectivity index (χ3n) is 4.00. The van der Waals surface area contributed by atoms with Crippen LogP contribution in [0, 0.1) is 5.92 Å². The van der Waals surface area contributed by atoms with E-state index in [1.54, 1.807) is 20.8 Å². The highest BCUT2D eigenvalue weighted by Crippen LogP contribution is 2.30. The van der Waals surface area contributed by atoms with E-state index >= 15 is 0 Å². The van der Waals surface area contributed by atoms with Crippen LogP contribution in [0.3, 0.4) is 0 Å². The molecule has 1 atom stereocenters. The van der Waals surface area contributed by atoms with Crippen LogP contribution in [0.4, 0.5) is 8.78 Å². The van der Waals surface area contributed by atoms with E-state index in [-0.39, 0.29) is 34.8 Å². The van der Waals surface area contributed by atoms with Crippen molar-refractivity contribution in [2.45, 2.75) is 33.2 Å². The Kier molecular flexibility index (Phi) is 9.12. The SMILES string of the molecule is C=N/C=C\C1=C(C(=O)C(C)C)C(C)N(C/C(C=NCC(F)F)=C/C(=C)Cl)C1=O. The summed E-state index contributed by atoms with van der Waals surface area (Å²) in [4.78, 5) is 34.3. The van der Waals surface area contributed by atoms with Gasteiger partial charge in [-0.25, -0.2) is 8.78 Å². The summed E-state index contributed by atoms with van der Waals surface area (Å²) in [5, 5.41) is 0.167. The number of nitrogens with zero attached hydrogens (tertiary/aromatic N) is 3. The van der Waals surface area contributed by atoms with Crippen molar-refractivity contribution in [3.8, 4) is 0 Å². The summed E-state index contributed by atoms with van der Waals surface area (Å²) in [6.45, 7) is 11.5. The summed E-state index contributed by atoms with van der Waals surface area (Å²) in [6, 6.07) is -0.512. The van der Waals surface area contributed by atoms with Crippen LogP contribution in [0.15, 0.2) is 56.7 Å². The molecule has 1 rings (SSSR count). The highest BCUT2D eigenvalue weighted by atomic mass is 35.5. The van der Waals surface area contributed by atoms with Gasteiger partial charge in [-0.15, -0.1) is 0 Å². The van der Waals surface area contributed by atoms with Crippen LogP contribution in [0.1, 0.15) is 20.8 Å². The number of carbonyl (C=O) groups is 2. The maximum absolute atomic E-state index is 12.9. The number of rotatable bonds is 10. The highest BCUT2D eigenvalue weighted by Gasteiger charge is 2.39. The Bertz CT molecular complexity index is 767. The van der Waals surface area contributed by atoms with Crippen LogP contribution in [0.5, 0.6) is 0 Å². The van der Waals surface area contributed by atoms with Gasteiger partial charge in [0.05, 0.1) is 12.6 Å². The van der Waals surface area contributed by atoms with E-state index in [1.165, 1.54) is 29.5 Å². The molecule has 0 bridgehead atoms. The average molecular weight is 412 g/mol. The topological polar surface area (TPSA) is 62.1 Å². The van der Waals surface area contributed by atoms with E-state index in [9.17, 15) is 18.4 Å². The minimum absolute atomic E-state index is 0.0339. The van der Waals surface area contributed by atoms with Gasteiger partial charge in [-0.05, 0) is 31.4 Å². The highest BCUT2D eigenvalue weighted by molar-refractivity contribution is 6.31. The molecule has 1 heterocycles. The first kappa shape index (κ1) is 23.6. The number of Topliss-reactive ketones (excluding diaryl/α,β-unsaturated/α-hetero) is 1. The number of aliphatic imine (C=N–C) groups is 2. The molecule has 1 amide bonds. The van der Waals surface area contributed by atoms with E-state index in [0.717, 1.165) is 0 Å². The number of ketones is 1. The molecule has 0 aromatic rings. The molecule has 0 saturated carbocycles. The Labute approximate surface area is 168 Å². The van der Waals surface area contributed by atoms with Gasteiger partial charge in [0, 0.05) is 41.1 Å². The van der Waals surface area contributed by atoms with Gasteiger partial charge in [-0.3, -0.25) is 19.6 Å². The second kappa shape index (κ2) is 10.8. The van der Waals surface area contributed by atoms with Crippen molar-refractivity contribution in [2.75, 3.05) is 13.1 Å². The number of amides is 1. The quantitative estimate of drug-likeness (QED) is 0.403. The molecule has 0 radical (unpaired) electrons. The Morgan fingerprint density at radius 1 is 1.39 bits per heavy atom. The van der Waals surface area contributed by atoms with E-state index in [4.69, 9.17) is 11.6 Å². The van der Waals surface area contributed by atoms with Gasteiger partial charge in [0.1, 0.15) is 0 Å². The number of alkyl halides is 2. The first-order valence-corrected chi connectivity index (χ1v) is 9.02. The molecule has 1 unspecified atom stereocenters. The van der Waals surface area contributed by atoms with Crippen molar-refractivity contribution in [1.29, 1.82) is 0 Å². The van der Waals surface area contributed by atoms with E-state index in [2.05, 4.69) is 23.3 Å². The number of halogens is 3. The molecular formula is C20H24ClF2N3O2. The lowest BCUT2D eigenvalue weighted by molar-refractivity contribution is -0.126. The monoisotopic (exact) mass is 411 g/mol. The maximum atomic E-state index is 12.9. The van der Waals surface area contributed by atoms with Crippen LogP contribution in [0.25, 0.3) is 0 Å². The summed E-state index contributed by atoms with van der Waals surface area (Å²) < 4.78 is 24.7. The summed E-state index contributed by atoms with van der Waals surface area (Å²) in [7, 11) is 0. The van der Waals surface area contributed by atoms with Gasteiger partial charge in [0.15, 0.2) is 5.78 Å². The first-order valence-electron chi connectivity index (χ1n) is 8.64. The zero-order chi connectivity index (χ0) is 21.4. The van der Waals surface area contributed by atoms with Crippen molar-refractivity contribution in [1.82, 2.24) is 4.90 Å². The summed E-state index contributed by atoms with van der Waals surface area (Å²) in [5.41, 5.74) is 1.05. The van der Waals surface area contributed by atoms with Crippen LogP contribution >= 0.6 is 11.6 Å². The fourth-order valence-electron chi connectivity index (χ4n) is 2.74.